The number of aliphatic hydroxyl groups excluding tert-OH is 1. The van der Waals surface area contributed by atoms with Gasteiger partial charge in [0.05, 0.1) is 31.4 Å². The maximum atomic E-state index is 13.3. The standard InChI is InChI=1S/C30H30N2O4/c1-20(2)36-29-15-12-22(9-8-21-10-13-25(35-3)14-11-21)16-27(29)30(34)32-24(19-33)17-23-18-31-28-7-5-4-6-26(23)28/h4-7,10-16,18,20,24,31,33H,17,19H2,1-3H3,(H,32,34)/t24-/m1/s1. The quantitative estimate of drug-likeness (QED) is 0.318. The number of rotatable bonds is 8. The van der Waals surface area contributed by atoms with Crippen LogP contribution in [0.1, 0.15) is 40.9 Å². The van der Waals surface area contributed by atoms with Gasteiger partial charge in [-0.05, 0) is 74.4 Å². The highest BCUT2D eigenvalue weighted by molar-refractivity contribution is 5.97. The molecule has 0 aliphatic rings. The predicted molar refractivity (Wildman–Crippen MR) is 142 cm³/mol. The topological polar surface area (TPSA) is 83.6 Å². The summed E-state index contributed by atoms with van der Waals surface area (Å²) >= 11 is 0. The maximum Gasteiger partial charge on any atom is 0.255 e. The van der Waals surface area contributed by atoms with Crippen LogP contribution in [0.4, 0.5) is 0 Å². The highest BCUT2D eigenvalue weighted by atomic mass is 16.5. The third-order valence-corrected chi connectivity index (χ3v) is 5.72. The van der Waals surface area contributed by atoms with Crippen molar-refractivity contribution in [1.29, 1.82) is 0 Å². The van der Waals surface area contributed by atoms with E-state index in [4.69, 9.17) is 9.47 Å². The first-order valence-corrected chi connectivity index (χ1v) is 11.9. The van der Waals surface area contributed by atoms with E-state index >= 15 is 0 Å². The first-order chi connectivity index (χ1) is 17.5. The van der Waals surface area contributed by atoms with Crippen LogP contribution in [0.5, 0.6) is 11.5 Å². The minimum Gasteiger partial charge on any atom is -0.497 e. The molecule has 0 unspecified atom stereocenters. The van der Waals surface area contributed by atoms with E-state index in [2.05, 4.69) is 22.1 Å². The Bertz CT molecular complexity index is 1390. The van der Waals surface area contributed by atoms with Crippen LogP contribution >= 0.6 is 0 Å². The van der Waals surface area contributed by atoms with Crippen molar-refractivity contribution < 1.29 is 19.4 Å². The Kier molecular flexibility index (Phi) is 7.94. The molecule has 1 atom stereocenters. The van der Waals surface area contributed by atoms with E-state index in [1.54, 1.807) is 19.2 Å². The molecule has 0 spiro atoms. The highest BCUT2D eigenvalue weighted by Gasteiger charge is 2.19. The van der Waals surface area contributed by atoms with Gasteiger partial charge in [-0.25, -0.2) is 0 Å². The molecule has 0 aliphatic heterocycles. The molecular formula is C30H30N2O4. The number of amides is 1. The molecule has 1 aromatic heterocycles. The van der Waals surface area contributed by atoms with E-state index in [1.165, 1.54) is 0 Å². The molecule has 0 aliphatic carbocycles. The summed E-state index contributed by atoms with van der Waals surface area (Å²) in [5, 5.41) is 14.1. The summed E-state index contributed by atoms with van der Waals surface area (Å²) < 4.78 is 11.1. The Labute approximate surface area is 211 Å². The van der Waals surface area contributed by atoms with Gasteiger partial charge in [-0.1, -0.05) is 30.0 Å². The van der Waals surface area contributed by atoms with Crippen LogP contribution < -0.4 is 14.8 Å². The average molecular weight is 483 g/mol. The molecule has 4 rings (SSSR count). The molecule has 3 aromatic carbocycles. The van der Waals surface area contributed by atoms with Crippen molar-refractivity contribution in [3.8, 4) is 23.3 Å². The molecular weight excluding hydrogens is 452 g/mol. The molecule has 0 bridgehead atoms. The number of ether oxygens (including phenoxy) is 2. The first kappa shape index (κ1) is 24.9. The highest BCUT2D eigenvalue weighted by Crippen LogP contribution is 2.23. The van der Waals surface area contributed by atoms with Crippen molar-refractivity contribution in [2.24, 2.45) is 0 Å². The fraction of sp³-hybridized carbons (Fsp3) is 0.233. The van der Waals surface area contributed by atoms with Gasteiger partial charge in [0.2, 0.25) is 0 Å². The summed E-state index contributed by atoms with van der Waals surface area (Å²) in [5.74, 6) is 7.15. The molecule has 36 heavy (non-hydrogen) atoms. The Hall–Kier alpha value is -4.21. The molecule has 184 valence electrons. The number of hydrogen-bond donors (Lipinski definition) is 3. The van der Waals surface area contributed by atoms with Gasteiger partial charge in [0.25, 0.3) is 5.91 Å². The molecule has 6 heteroatoms. The smallest absolute Gasteiger partial charge is 0.255 e. The van der Waals surface area contributed by atoms with Crippen molar-refractivity contribution in [3.63, 3.8) is 0 Å². The van der Waals surface area contributed by atoms with Gasteiger partial charge in [0, 0.05) is 28.2 Å². The van der Waals surface area contributed by atoms with Crippen LogP contribution in [0.25, 0.3) is 10.9 Å². The number of hydrogen-bond acceptors (Lipinski definition) is 4. The van der Waals surface area contributed by atoms with Crippen LogP contribution in [0.15, 0.2) is 72.9 Å². The Morgan fingerprint density at radius 2 is 1.75 bits per heavy atom. The fourth-order valence-electron chi connectivity index (χ4n) is 3.95. The minimum atomic E-state index is -0.461. The molecule has 1 amide bonds. The number of aromatic nitrogens is 1. The van der Waals surface area contributed by atoms with E-state index in [-0.39, 0.29) is 18.6 Å². The molecule has 1 heterocycles. The number of aliphatic hydroxyl groups is 1. The van der Waals surface area contributed by atoms with Crippen LogP contribution in [0.3, 0.4) is 0 Å². The van der Waals surface area contributed by atoms with E-state index in [0.29, 0.717) is 23.3 Å². The van der Waals surface area contributed by atoms with E-state index < -0.39 is 6.04 Å². The van der Waals surface area contributed by atoms with E-state index in [0.717, 1.165) is 27.8 Å². The summed E-state index contributed by atoms with van der Waals surface area (Å²) in [5.41, 5.74) is 3.95. The lowest BCUT2D eigenvalue weighted by molar-refractivity contribution is 0.0910. The Balaban J connectivity index is 1.56. The molecule has 4 aromatic rings. The lowest BCUT2D eigenvalue weighted by atomic mass is 10.0. The van der Waals surface area contributed by atoms with E-state index in [9.17, 15) is 9.90 Å². The number of aromatic amines is 1. The zero-order chi connectivity index (χ0) is 25.5. The summed E-state index contributed by atoms with van der Waals surface area (Å²) in [6.45, 7) is 3.63. The summed E-state index contributed by atoms with van der Waals surface area (Å²) in [7, 11) is 1.62. The van der Waals surface area contributed by atoms with Gasteiger partial charge in [-0.2, -0.15) is 0 Å². The van der Waals surface area contributed by atoms with Gasteiger partial charge >= 0.3 is 0 Å². The molecule has 0 saturated carbocycles. The van der Waals surface area contributed by atoms with Gasteiger partial charge in [0.15, 0.2) is 0 Å². The predicted octanol–water partition coefficient (Wildman–Crippen LogP) is 4.70. The molecule has 0 saturated heterocycles. The lowest BCUT2D eigenvalue weighted by Crippen LogP contribution is -2.39. The second-order valence-corrected chi connectivity index (χ2v) is 8.77. The minimum absolute atomic E-state index is 0.104. The third-order valence-electron chi connectivity index (χ3n) is 5.72. The number of H-pyrrole nitrogens is 1. The number of benzene rings is 3. The van der Waals surface area contributed by atoms with Crippen LogP contribution in [0.2, 0.25) is 0 Å². The average Bonchev–Trinajstić information content (AvgIpc) is 3.30. The van der Waals surface area contributed by atoms with Crippen molar-refractivity contribution in [2.75, 3.05) is 13.7 Å². The third kappa shape index (κ3) is 6.07. The SMILES string of the molecule is COc1ccc(C#Cc2ccc(OC(C)C)c(C(=O)N[C@@H](CO)Cc3c[nH]c4ccccc34)c2)cc1. The van der Waals surface area contributed by atoms with Crippen molar-refractivity contribution in [1.82, 2.24) is 10.3 Å². The second-order valence-electron chi connectivity index (χ2n) is 8.77. The molecule has 0 fully saturated rings. The van der Waals surface area contributed by atoms with Gasteiger partial charge in [-0.15, -0.1) is 0 Å². The number of carbonyl (C=O) groups is 1. The van der Waals surface area contributed by atoms with Gasteiger partial charge in [-0.3, -0.25) is 4.79 Å². The fourth-order valence-corrected chi connectivity index (χ4v) is 3.95. The second kappa shape index (κ2) is 11.5. The van der Waals surface area contributed by atoms with Crippen LogP contribution in [0, 0.1) is 11.8 Å². The van der Waals surface area contributed by atoms with Gasteiger partial charge < -0.3 is 24.9 Å². The number of nitrogens with one attached hydrogen (secondary N) is 2. The number of methoxy groups -OCH3 is 1. The largest absolute Gasteiger partial charge is 0.497 e. The monoisotopic (exact) mass is 482 g/mol. The van der Waals surface area contributed by atoms with Crippen LogP contribution in [-0.4, -0.2) is 41.9 Å². The lowest BCUT2D eigenvalue weighted by Gasteiger charge is -2.19. The zero-order valence-electron chi connectivity index (χ0n) is 20.7. The number of fused-ring (bicyclic) bond motifs is 1. The normalized spacial score (nSPS) is 11.6. The van der Waals surface area contributed by atoms with Gasteiger partial charge in [0.1, 0.15) is 11.5 Å². The van der Waals surface area contributed by atoms with E-state index in [1.807, 2.05) is 74.6 Å². The maximum absolute atomic E-state index is 13.3. The van der Waals surface area contributed by atoms with Crippen LogP contribution in [-0.2, 0) is 6.42 Å². The van der Waals surface area contributed by atoms with Crippen molar-refractivity contribution in [2.45, 2.75) is 32.4 Å². The molecule has 3 N–H and O–H groups in total. The van der Waals surface area contributed by atoms with Crippen molar-refractivity contribution >= 4 is 16.8 Å². The molecule has 0 radical (unpaired) electrons. The Morgan fingerprint density at radius 1 is 1.03 bits per heavy atom. The zero-order valence-corrected chi connectivity index (χ0v) is 20.7. The number of carbonyl (C=O) groups excluding carboxylic acids is 1. The number of para-hydroxylation sites is 1. The Morgan fingerprint density at radius 3 is 2.47 bits per heavy atom. The summed E-state index contributed by atoms with van der Waals surface area (Å²) in [6.07, 6.45) is 2.30. The van der Waals surface area contributed by atoms with Crippen molar-refractivity contribution in [3.05, 3.63) is 95.2 Å². The first-order valence-electron chi connectivity index (χ1n) is 11.9. The summed E-state index contributed by atoms with van der Waals surface area (Å²) in [4.78, 5) is 16.6. The molecule has 6 nitrogen and oxygen atoms in total. The summed E-state index contributed by atoms with van der Waals surface area (Å²) in [6, 6.07) is 20.3.